The first-order chi connectivity index (χ1) is 12.2. The number of benzene rings is 1. The highest BCUT2D eigenvalue weighted by Crippen LogP contribution is 2.30. The lowest BCUT2D eigenvalue weighted by atomic mass is 9.96. The van der Waals surface area contributed by atoms with E-state index in [2.05, 4.69) is 17.2 Å². The second-order valence-electron chi connectivity index (χ2n) is 6.89. The van der Waals surface area contributed by atoms with Crippen molar-refractivity contribution in [3.05, 3.63) is 58.4 Å². The highest BCUT2D eigenvalue weighted by Gasteiger charge is 2.28. The number of carbonyl (C=O) groups excluding carboxylic acids is 1. The molecule has 1 aromatic carbocycles. The van der Waals surface area contributed by atoms with Crippen LogP contribution in [0.5, 0.6) is 0 Å². The zero-order valence-corrected chi connectivity index (χ0v) is 14.8. The Morgan fingerprint density at radius 1 is 1.16 bits per heavy atom. The van der Waals surface area contributed by atoms with E-state index in [4.69, 9.17) is 0 Å². The molecule has 1 aliphatic carbocycles. The van der Waals surface area contributed by atoms with Gasteiger partial charge >= 0.3 is 0 Å². The van der Waals surface area contributed by atoms with Gasteiger partial charge in [0.1, 0.15) is 5.56 Å². The van der Waals surface area contributed by atoms with Gasteiger partial charge in [0.15, 0.2) is 0 Å². The van der Waals surface area contributed by atoms with Crippen molar-refractivity contribution in [2.24, 2.45) is 5.92 Å². The molecular formula is C21H26N2O2. The quantitative estimate of drug-likeness (QED) is 0.832. The summed E-state index contributed by atoms with van der Waals surface area (Å²) in [4.78, 5) is 27.8. The number of hydrogen-bond donors (Lipinski definition) is 2. The Balaban J connectivity index is 1.71. The Kier molecular flexibility index (Phi) is 5.69. The predicted octanol–water partition coefficient (Wildman–Crippen LogP) is 4.13. The van der Waals surface area contributed by atoms with Crippen LogP contribution >= 0.6 is 0 Å². The lowest BCUT2D eigenvalue weighted by Crippen LogP contribution is -2.39. The standard InChI is InChI=1S/C21H26N2O2/c1-2-3-8-15-11-7-12-18(15)22-20(24)17-13-14-19(23-21(17)25)16-9-5-4-6-10-16/h4-6,9-10,13-15,18H,2-3,7-8,11-12H2,1H3,(H,22,24)(H,23,25). The van der Waals surface area contributed by atoms with Crippen LogP contribution in [-0.4, -0.2) is 16.9 Å². The van der Waals surface area contributed by atoms with Crippen molar-refractivity contribution in [2.75, 3.05) is 0 Å². The van der Waals surface area contributed by atoms with Gasteiger partial charge in [-0.05, 0) is 42.9 Å². The molecule has 132 valence electrons. The van der Waals surface area contributed by atoms with Crippen LogP contribution in [-0.2, 0) is 0 Å². The van der Waals surface area contributed by atoms with Gasteiger partial charge in [0.25, 0.3) is 11.5 Å². The number of pyridine rings is 1. The van der Waals surface area contributed by atoms with Gasteiger partial charge in [0.2, 0.25) is 0 Å². The molecule has 0 aliphatic heterocycles. The summed E-state index contributed by atoms with van der Waals surface area (Å²) in [7, 11) is 0. The molecule has 1 aromatic heterocycles. The van der Waals surface area contributed by atoms with Crippen LogP contribution in [0.15, 0.2) is 47.3 Å². The highest BCUT2D eigenvalue weighted by molar-refractivity contribution is 5.94. The van der Waals surface area contributed by atoms with Crippen molar-refractivity contribution in [3.63, 3.8) is 0 Å². The minimum absolute atomic E-state index is 0.195. The molecule has 2 aromatic rings. The van der Waals surface area contributed by atoms with Crippen LogP contribution in [0, 0.1) is 5.92 Å². The molecule has 0 saturated heterocycles. The van der Waals surface area contributed by atoms with Crippen LogP contribution in [0.2, 0.25) is 0 Å². The largest absolute Gasteiger partial charge is 0.349 e. The van der Waals surface area contributed by atoms with Gasteiger partial charge in [0.05, 0.1) is 0 Å². The Morgan fingerprint density at radius 2 is 1.96 bits per heavy atom. The third-order valence-corrected chi connectivity index (χ3v) is 5.14. The predicted molar refractivity (Wildman–Crippen MR) is 101 cm³/mol. The van der Waals surface area contributed by atoms with Gasteiger partial charge in [-0.1, -0.05) is 56.5 Å². The maximum absolute atomic E-state index is 12.6. The third-order valence-electron chi connectivity index (χ3n) is 5.14. The van der Waals surface area contributed by atoms with Crippen LogP contribution < -0.4 is 10.9 Å². The van der Waals surface area contributed by atoms with E-state index >= 15 is 0 Å². The molecule has 2 unspecified atom stereocenters. The normalized spacial score (nSPS) is 19.7. The van der Waals surface area contributed by atoms with Crippen molar-refractivity contribution in [1.82, 2.24) is 10.3 Å². The van der Waals surface area contributed by atoms with E-state index in [1.54, 1.807) is 12.1 Å². The molecule has 4 heteroatoms. The first-order valence-corrected chi connectivity index (χ1v) is 9.28. The third kappa shape index (κ3) is 4.19. The Morgan fingerprint density at radius 3 is 2.68 bits per heavy atom. The van der Waals surface area contributed by atoms with Crippen LogP contribution in [0.25, 0.3) is 11.3 Å². The summed E-state index contributed by atoms with van der Waals surface area (Å²) in [5, 5.41) is 3.10. The van der Waals surface area contributed by atoms with Gasteiger partial charge in [0, 0.05) is 11.7 Å². The van der Waals surface area contributed by atoms with Gasteiger partial charge in [-0.15, -0.1) is 0 Å². The van der Waals surface area contributed by atoms with E-state index in [9.17, 15) is 9.59 Å². The molecule has 2 N–H and O–H groups in total. The van der Waals surface area contributed by atoms with Crippen molar-refractivity contribution in [2.45, 2.75) is 51.5 Å². The number of hydrogen-bond acceptors (Lipinski definition) is 2. The smallest absolute Gasteiger partial charge is 0.261 e. The molecule has 0 spiro atoms. The first-order valence-electron chi connectivity index (χ1n) is 9.28. The van der Waals surface area contributed by atoms with Crippen molar-refractivity contribution < 1.29 is 4.79 Å². The molecular weight excluding hydrogens is 312 g/mol. The lowest BCUT2D eigenvalue weighted by Gasteiger charge is -2.20. The zero-order chi connectivity index (χ0) is 17.6. The van der Waals surface area contributed by atoms with Gasteiger partial charge in [-0.2, -0.15) is 0 Å². The van der Waals surface area contributed by atoms with Crippen molar-refractivity contribution in [1.29, 1.82) is 0 Å². The second-order valence-corrected chi connectivity index (χ2v) is 6.89. The number of aromatic amines is 1. The number of rotatable bonds is 6. The van der Waals surface area contributed by atoms with Gasteiger partial charge < -0.3 is 10.3 Å². The Bertz CT molecular complexity index is 767. The molecule has 3 rings (SSSR count). The van der Waals surface area contributed by atoms with E-state index < -0.39 is 0 Å². The van der Waals surface area contributed by atoms with Gasteiger partial charge in [-0.3, -0.25) is 9.59 Å². The number of aromatic nitrogens is 1. The van der Waals surface area contributed by atoms with E-state index in [1.807, 2.05) is 30.3 Å². The maximum atomic E-state index is 12.6. The number of amides is 1. The van der Waals surface area contributed by atoms with Gasteiger partial charge in [-0.25, -0.2) is 0 Å². The molecule has 1 fully saturated rings. The van der Waals surface area contributed by atoms with Crippen LogP contribution in [0.1, 0.15) is 55.8 Å². The molecule has 1 amide bonds. The molecule has 1 heterocycles. The van der Waals surface area contributed by atoms with E-state index in [0.717, 1.165) is 30.5 Å². The molecule has 2 atom stereocenters. The summed E-state index contributed by atoms with van der Waals surface area (Å²) in [5.41, 5.74) is 1.52. The SMILES string of the molecule is CCCCC1CCCC1NC(=O)c1ccc(-c2ccccc2)[nH]c1=O. The Hall–Kier alpha value is -2.36. The van der Waals surface area contributed by atoms with E-state index in [-0.39, 0.29) is 23.1 Å². The molecule has 1 saturated carbocycles. The highest BCUT2D eigenvalue weighted by atomic mass is 16.2. The molecule has 4 nitrogen and oxygen atoms in total. The topological polar surface area (TPSA) is 62.0 Å². The monoisotopic (exact) mass is 338 g/mol. The number of unbranched alkanes of at least 4 members (excludes halogenated alkanes) is 1. The van der Waals surface area contributed by atoms with Crippen molar-refractivity contribution in [3.8, 4) is 11.3 Å². The van der Waals surface area contributed by atoms with Crippen molar-refractivity contribution >= 4 is 5.91 Å². The lowest BCUT2D eigenvalue weighted by molar-refractivity contribution is 0.0925. The zero-order valence-electron chi connectivity index (χ0n) is 14.8. The summed E-state index contributed by atoms with van der Waals surface area (Å²) >= 11 is 0. The first kappa shape index (κ1) is 17.5. The number of H-pyrrole nitrogens is 1. The summed E-state index contributed by atoms with van der Waals surface area (Å²) < 4.78 is 0. The summed E-state index contributed by atoms with van der Waals surface area (Å²) in [6, 6.07) is 13.3. The fourth-order valence-electron chi connectivity index (χ4n) is 3.72. The number of nitrogens with one attached hydrogen (secondary N) is 2. The van der Waals surface area contributed by atoms with E-state index in [1.165, 1.54) is 19.3 Å². The minimum Gasteiger partial charge on any atom is -0.349 e. The summed E-state index contributed by atoms with van der Waals surface area (Å²) in [5.74, 6) is 0.292. The number of carbonyl (C=O) groups is 1. The second kappa shape index (κ2) is 8.15. The summed E-state index contributed by atoms with van der Waals surface area (Å²) in [6.07, 6.45) is 6.88. The van der Waals surface area contributed by atoms with Crippen LogP contribution in [0.4, 0.5) is 0 Å². The Labute approximate surface area is 148 Å². The summed E-state index contributed by atoms with van der Waals surface area (Å²) in [6.45, 7) is 2.19. The molecule has 0 bridgehead atoms. The maximum Gasteiger partial charge on any atom is 0.261 e. The molecule has 0 radical (unpaired) electrons. The molecule has 25 heavy (non-hydrogen) atoms. The fourth-order valence-corrected chi connectivity index (χ4v) is 3.72. The van der Waals surface area contributed by atoms with E-state index in [0.29, 0.717) is 5.92 Å². The minimum atomic E-state index is -0.332. The average molecular weight is 338 g/mol. The fraction of sp³-hybridized carbons (Fsp3) is 0.429. The average Bonchev–Trinajstić information content (AvgIpc) is 3.07. The molecule has 1 aliphatic rings. The van der Waals surface area contributed by atoms with Crippen LogP contribution in [0.3, 0.4) is 0 Å².